The summed E-state index contributed by atoms with van der Waals surface area (Å²) in [5, 5.41) is 0. The summed E-state index contributed by atoms with van der Waals surface area (Å²) >= 11 is 0. The van der Waals surface area contributed by atoms with Gasteiger partial charge in [0.25, 0.3) is 0 Å². The SMILES string of the molecule is CN(Cc1cc(F)cc(B2OC(C)(C)C(C)(C)O2)c1)C(=O)C1CC1. The van der Waals surface area contributed by atoms with E-state index in [2.05, 4.69) is 0 Å². The monoisotopic (exact) mass is 333 g/mol. The molecule has 2 fully saturated rings. The molecule has 6 heteroatoms. The predicted octanol–water partition coefficient (Wildman–Crippen LogP) is 2.49. The summed E-state index contributed by atoms with van der Waals surface area (Å²) in [5.41, 5.74) is 0.457. The zero-order chi connectivity index (χ0) is 17.7. The van der Waals surface area contributed by atoms with E-state index in [-0.39, 0.29) is 17.6 Å². The van der Waals surface area contributed by atoms with E-state index in [1.807, 2.05) is 33.8 Å². The van der Waals surface area contributed by atoms with Gasteiger partial charge in [-0.05, 0) is 63.7 Å². The molecule has 130 valence electrons. The zero-order valence-corrected chi connectivity index (χ0v) is 15.1. The lowest BCUT2D eigenvalue weighted by Gasteiger charge is -2.32. The number of nitrogens with zero attached hydrogens (tertiary/aromatic N) is 1. The Morgan fingerprint density at radius 2 is 1.79 bits per heavy atom. The largest absolute Gasteiger partial charge is 0.494 e. The molecule has 1 aliphatic carbocycles. The molecule has 1 aromatic carbocycles. The molecule has 1 aromatic rings. The number of carbonyl (C=O) groups excluding carboxylic acids is 1. The van der Waals surface area contributed by atoms with Crippen LogP contribution in [0.15, 0.2) is 18.2 Å². The number of hydrogen-bond donors (Lipinski definition) is 0. The molecule has 0 N–H and O–H groups in total. The Bertz CT molecular complexity index is 642. The van der Waals surface area contributed by atoms with Crippen LogP contribution in [0.3, 0.4) is 0 Å². The standard InChI is InChI=1S/C18H25BFNO3/c1-17(2)18(3,4)24-19(23-17)14-8-12(9-15(20)10-14)11-21(5)16(22)13-6-7-13/h8-10,13H,6-7,11H2,1-5H3. The maximum atomic E-state index is 14.1. The van der Waals surface area contributed by atoms with Crippen molar-refractivity contribution in [3.63, 3.8) is 0 Å². The summed E-state index contributed by atoms with van der Waals surface area (Å²) in [4.78, 5) is 13.8. The van der Waals surface area contributed by atoms with Gasteiger partial charge in [0.15, 0.2) is 0 Å². The topological polar surface area (TPSA) is 38.8 Å². The summed E-state index contributed by atoms with van der Waals surface area (Å²) < 4.78 is 26.1. The van der Waals surface area contributed by atoms with Crippen molar-refractivity contribution in [3.8, 4) is 0 Å². The van der Waals surface area contributed by atoms with Gasteiger partial charge in [0.1, 0.15) is 5.82 Å². The van der Waals surface area contributed by atoms with Gasteiger partial charge in [-0.25, -0.2) is 4.39 Å². The van der Waals surface area contributed by atoms with E-state index in [1.165, 1.54) is 12.1 Å². The van der Waals surface area contributed by atoms with Crippen molar-refractivity contribution in [2.24, 2.45) is 5.92 Å². The van der Waals surface area contributed by atoms with Gasteiger partial charge in [-0.2, -0.15) is 0 Å². The van der Waals surface area contributed by atoms with Crippen LogP contribution in [0.1, 0.15) is 46.1 Å². The van der Waals surface area contributed by atoms with Crippen LogP contribution in [-0.2, 0) is 20.6 Å². The van der Waals surface area contributed by atoms with Crippen LogP contribution in [0.5, 0.6) is 0 Å². The summed E-state index contributed by atoms with van der Waals surface area (Å²) in [5.74, 6) is -0.0490. The van der Waals surface area contributed by atoms with Gasteiger partial charge in [0.2, 0.25) is 5.91 Å². The molecular weight excluding hydrogens is 308 g/mol. The van der Waals surface area contributed by atoms with Crippen LogP contribution >= 0.6 is 0 Å². The first-order chi connectivity index (χ1) is 11.1. The van der Waals surface area contributed by atoms with Gasteiger partial charge in [-0.15, -0.1) is 0 Å². The summed E-state index contributed by atoms with van der Waals surface area (Å²) in [6.45, 7) is 8.26. The Balaban J connectivity index is 1.78. The minimum atomic E-state index is -0.603. The third-order valence-electron chi connectivity index (χ3n) is 5.23. The summed E-state index contributed by atoms with van der Waals surface area (Å²) in [6.07, 6.45) is 1.93. The van der Waals surface area contributed by atoms with E-state index < -0.39 is 18.3 Å². The number of carbonyl (C=O) groups is 1. The normalized spacial score (nSPS) is 21.8. The minimum absolute atomic E-state index is 0.136. The third kappa shape index (κ3) is 3.35. The number of hydrogen-bond acceptors (Lipinski definition) is 3. The lowest BCUT2D eigenvalue weighted by Crippen LogP contribution is -2.41. The maximum Gasteiger partial charge on any atom is 0.494 e. The Kier molecular flexibility index (Phi) is 4.25. The molecule has 1 amide bonds. The number of amides is 1. The summed E-state index contributed by atoms with van der Waals surface area (Å²) in [7, 11) is 1.16. The highest BCUT2D eigenvalue weighted by Gasteiger charge is 2.51. The van der Waals surface area contributed by atoms with Gasteiger partial charge < -0.3 is 14.2 Å². The fraction of sp³-hybridized carbons (Fsp3) is 0.611. The lowest BCUT2D eigenvalue weighted by molar-refractivity contribution is -0.131. The van der Waals surface area contributed by atoms with Crippen LogP contribution < -0.4 is 5.46 Å². The fourth-order valence-corrected chi connectivity index (χ4v) is 2.88. The van der Waals surface area contributed by atoms with Gasteiger partial charge in [-0.1, -0.05) is 6.07 Å². The number of halogens is 1. The van der Waals surface area contributed by atoms with Crippen molar-refractivity contribution < 1.29 is 18.5 Å². The summed E-state index contributed by atoms with van der Waals surface area (Å²) in [6, 6.07) is 4.77. The highest BCUT2D eigenvalue weighted by molar-refractivity contribution is 6.62. The van der Waals surface area contributed by atoms with E-state index in [9.17, 15) is 9.18 Å². The van der Waals surface area contributed by atoms with Crippen molar-refractivity contribution in [2.75, 3.05) is 7.05 Å². The van der Waals surface area contributed by atoms with E-state index >= 15 is 0 Å². The molecule has 1 heterocycles. The highest BCUT2D eigenvalue weighted by atomic mass is 19.1. The smallest absolute Gasteiger partial charge is 0.399 e. The first kappa shape index (κ1) is 17.4. The van der Waals surface area contributed by atoms with Gasteiger partial charge >= 0.3 is 7.12 Å². The third-order valence-corrected chi connectivity index (χ3v) is 5.23. The predicted molar refractivity (Wildman–Crippen MR) is 91.3 cm³/mol. The molecule has 1 saturated carbocycles. The quantitative estimate of drug-likeness (QED) is 0.795. The molecule has 0 unspecified atom stereocenters. The number of benzene rings is 1. The van der Waals surface area contributed by atoms with E-state index in [4.69, 9.17) is 9.31 Å². The minimum Gasteiger partial charge on any atom is -0.399 e. The van der Waals surface area contributed by atoms with Crippen LogP contribution in [0.2, 0.25) is 0 Å². The zero-order valence-electron chi connectivity index (χ0n) is 15.1. The molecule has 1 saturated heterocycles. The Labute approximate surface area is 143 Å². The van der Waals surface area contributed by atoms with E-state index in [0.717, 1.165) is 18.4 Å². The van der Waals surface area contributed by atoms with Crippen molar-refractivity contribution in [3.05, 3.63) is 29.6 Å². The Morgan fingerprint density at radius 3 is 2.33 bits per heavy atom. The Morgan fingerprint density at radius 1 is 1.21 bits per heavy atom. The molecule has 1 aliphatic heterocycles. The lowest BCUT2D eigenvalue weighted by atomic mass is 9.78. The second-order valence-electron chi connectivity index (χ2n) is 7.95. The van der Waals surface area contributed by atoms with E-state index in [0.29, 0.717) is 12.0 Å². The maximum absolute atomic E-state index is 14.1. The molecular formula is C18H25BFNO3. The first-order valence-electron chi connectivity index (χ1n) is 8.49. The van der Waals surface area contributed by atoms with Crippen LogP contribution in [0, 0.1) is 11.7 Å². The molecule has 0 atom stereocenters. The van der Waals surface area contributed by atoms with Gasteiger partial charge in [0.05, 0.1) is 11.2 Å². The Hall–Kier alpha value is -1.40. The molecule has 0 radical (unpaired) electrons. The second-order valence-corrected chi connectivity index (χ2v) is 7.95. The molecule has 4 nitrogen and oxygen atoms in total. The molecule has 0 aromatic heterocycles. The van der Waals surface area contributed by atoms with Gasteiger partial charge in [-0.3, -0.25) is 4.79 Å². The molecule has 3 rings (SSSR count). The average molecular weight is 333 g/mol. The van der Waals surface area contributed by atoms with Crippen LogP contribution in [0.25, 0.3) is 0 Å². The van der Waals surface area contributed by atoms with Crippen molar-refractivity contribution in [1.82, 2.24) is 4.90 Å². The van der Waals surface area contributed by atoms with Crippen molar-refractivity contribution in [2.45, 2.75) is 58.3 Å². The van der Waals surface area contributed by atoms with Crippen LogP contribution in [0.4, 0.5) is 4.39 Å². The fourth-order valence-electron chi connectivity index (χ4n) is 2.88. The highest BCUT2D eigenvalue weighted by Crippen LogP contribution is 2.36. The van der Waals surface area contributed by atoms with Gasteiger partial charge in [0, 0.05) is 19.5 Å². The first-order valence-corrected chi connectivity index (χ1v) is 8.49. The van der Waals surface area contributed by atoms with Crippen LogP contribution in [-0.4, -0.2) is 36.2 Å². The van der Waals surface area contributed by atoms with E-state index in [1.54, 1.807) is 11.9 Å². The molecule has 0 bridgehead atoms. The van der Waals surface area contributed by atoms with Crippen molar-refractivity contribution >= 4 is 18.5 Å². The molecule has 24 heavy (non-hydrogen) atoms. The van der Waals surface area contributed by atoms with Crippen molar-refractivity contribution in [1.29, 1.82) is 0 Å². The molecule has 0 spiro atoms. The number of rotatable bonds is 4. The second kappa shape index (κ2) is 5.85. The average Bonchev–Trinajstić information content (AvgIpc) is 3.25. The molecule has 2 aliphatic rings.